The lowest BCUT2D eigenvalue weighted by Gasteiger charge is -2.17. The molecule has 0 saturated heterocycles. The molecule has 0 aliphatic carbocycles. The number of carbonyl (C=O) groups is 1. The number of fused-ring (bicyclic) bond motifs is 1. The number of benzene rings is 1. The Balaban J connectivity index is 2.19. The predicted octanol–water partition coefficient (Wildman–Crippen LogP) is 2.21. The van der Waals surface area contributed by atoms with Gasteiger partial charge in [-0.1, -0.05) is 12.1 Å². The van der Waals surface area contributed by atoms with Gasteiger partial charge in [0.1, 0.15) is 5.76 Å². The lowest BCUT2D eigenvalue weighted by molar-refractivity contribution is -0.118. The highest BCUT2D eigenvalue weighted by Crippen LogP contribution is 2.33. The van der Waals surface area contributed by atoms with Crippen LogP contribution in [0, 0.1) is 6.92 Å². The number of hydrogen-bond acceptors (Lipinski definition) is 5. The molecule has 3 rings (SSSR count). The van der Waals surface area contributed by atoms with Crippen LogP contribution in [0.1, 0.15) is 29.4 Å². The van der Waals surface area contributed by atoms with Gasteiger partial charge in [-0.3, -0.25) is 14.6 Å². The normalized spacial score (nSPS) is 12.2. The van der Waals surface area contributed by atoms with Crippen LogP contribution in [-0.2, 0) is 4.79 Å². The lowest BCUT2D eigenvalue weighted by Crippen LogP contribution is -2.17. The number of aromatic hydroxyl groups is 1. The van der Waals surface area contributed by atoms with Gasteiger partial charge in [0.05, 0.1) is 11.4 Å². The summed E-state index contributed by atoms with van der Waals surface area (Å²) in [5.41, 5.74) is 6.31. The SMILES string of the molecule is Cc1cc(=O)c(O)c([C@@H](CC(N)=O)c2ccc3ncccc3c2)o1. The number of aryl methyl sites for hydroxylation is 1. The third-order valence-corrected chi connectivity index (χ3v) is 3.82. The minimum Gasteiger partial charge on any atom is -0.502 e. The first-order chi connectivity index (χ1) is 11.5. The van der Waals surface area contributed by atoms with Crippen LogP contribution in [0.3, 0.4) is 0 Å². The molecule has 0 bridgehead atoms. The van der Waals surface area contributed by atoms with E-state index in [1.165, 1.54) is 6.07 Å². The van der Waals surface area contributed by atoms with Crippen molar-refractivity contribution in [2.75, 3.05) is 0 Å². The molecule has 0 spiro atoms. The fraction of sp³-hybridized carbons (Fsp3) is 0.167. The van der Waals surface area contributed by atoms with Crippen LogP contribution in [-0.4, -0.2) is 16.0 Å². The van der Waals surface area contributed by atoms with Crippen LogP contribution in [0.5, 0.6) is 5.75 Å². The molecule has 0 unspecified atom stereocenters. The van der Waals surface area contributed by atoms with Crippen molar-refractivity contribution < 1.29 is 14.3 Å². The summed E-state index contributed by atoms with van der Waals surface area (Å²) >= 11 is 0. The minimum absolute atomic E-state index is 0.0436. The summed E-state index contributed by atoms with van der Waals surface area (Å²) in [6, 6.07) is 10.3. The molecule has 6 nitrogen and oxygen atoms in total. The molecular formula is C18H16N2O4. The minimum atomic E-state index is -0.653. The Bertz CT molecular complexity index is 978. The average molecular weight is 324 g/mol. The van der Waals surface area contributed by atoms with Crippen molar-refractivity contribution in [2.45, 2.75) is 19.3 Å². The van der Waals surface area contributed by atoms with Crippen molar-refractivity contribution in [2.24, 2.45) is 5.73 Å². The van der Waals surface area contributed by atoms with Gasteiger partial charge >= 0.3 is 0 Å². The summed E-state index contributed by atoms with van der Waals surface area (Å²) in [6.07, 6.45) is 1.60. The summed E-state index contributed by atoms with van der Waals surface area (Å²) in [5, 5.41) is 11.0. The molecule has 1 amide bonds. The standard InChI is InChI=1S/C18H16N2O4/c1-10-7-15(21)17(23)18(24-10)13(9-16(19)22)11-4-5-14-12(8-11)3-2-6-20-14/h2-8,13,23H,9H2,1H3,(H2,19,22)/t13-/m0/s1. The zero-order valence-electron chi connectivity index (χ0n) is 13.0. The number of rotatable bonds is 4. The van der Waals surface area contributed by atoms with Gasteiger partial charge in [0.25, 0.3) is 0 Å². The molecule has 3 aromatic rings. The van der Waals surface area contributed by atoms with Gasteiger partial charge in [-0.2, -0.15) is 0 Å². The van der Waals surface area contributed by atoms with Crippen molar-refractivity contribution in [3.05, 3.63) is 69.9 Å². The van der Waals surface area contributed by atoms with Gasteiger partial charge in [0.2, 0.25) is 17.1 Å². The van der Waals surface area contributed by atoms with E-state index in [-0.39, 0.29) is 12.2 Å². The predicted molar refractivity (Wildman–Crippen MR) is 88.8 cm³/mol. The van der Waals surface area contributed by atoms with Crippen molar-refractivity contribution in [1.82, 2.24) is 4.98 Å². The van der Waals surface area contributed by atoms with E-state index < -0.39 is 23.0 Å². The number of carbonyl (C=O) groups excluding carboxylic acids is 1. The maximum atomic E-state index is 11.9. The first-order valence-corrected chi connectivity index (χ1v) is 7.42. The number of nitrogens with two attached hydrogens (primary N) is 1. The van der Waals surface area contributed by atoms with E-state index in [9.17, 15) is 14.7 Å². The van der Waals surface area contributed by atoms with Crippen LogP contribution >= 0.6 is 0 Å². The number of primary amides is 1. The fourth-order valence-electron chi connectivity index (χ4n) is 2.74. The molecule has 0 aliphatic rings. The first kappa shape index (κ1) is 15.7. The first-order valence-electron chi connectivity index (χ1n) is 7.42. The second-order valence-electron chi connectivity index (χ2n) is 5.61. The Morgan fingerprint density at radius 2 is 2.12 bits per heavy atom. The van der Waals surface area contributed by atoms with E-state index in [1.54, 1.807) is 25.3 Å². The number of pyridine rings is 1. The number of aromatic nitrogens is 1. The van der Waals surface area contributed by atoms with Gasteiger partial charge in [-0.05, 0) is 30.7 Å². The van der Waals surface area contributed by atoms with Gasteiger partial charge in [0, 0.05) is 24.1 Å². The van der Waals surface area contributed by atoms with E-state index in [2.05, 4.69) is 4.98 Å². The molecule has 0 fully saturated rings. The molecule has 6 heteroatoms. The van der Waals surface area contributed by atoms with Crippen LogP contribution in [0.15, 0.2) is 51.8 Å². The Morgan fingerprint density at radius 3 is 2.88 bits per heavy atom. The zero-order chi connectivity index (χ0) is 17.3. The van der Waals surface area contributed by atoms with Gasteiger partial charge < -0.3 is 15.3 Å². The van der Waals surface area contributed by atoms with E-state index >= 15 is 0 Å². The third-order valence-electron chi connectivity index (χ3n) is 3.82. The molecule has 122 valence electrons. The van der Waals surface area contributed by atoms with E-state index in [0.717, 1.165) is 10.9 Å². The molecule has 0 saturated carbocycles. The quantitative estimate of drug-likeness (QED) is 0.765. The molecule has 3 N–H and O–H groups in total. The van der Waals surface area contributed by atoms with Crippen LogP contribution in [0.4, 0.5) is 0 Å². The fourth-order valence-corrected chi connectivity index (χ4v) is 2.74. The lowest BCUT2D eigenvalue weighted by atomic mass is 9.91. The molecule has 24 heavy (non-hydrogen) atoms. The summed E-state index contributed by atoms with van der Waals surface area (Å²) < 4.78 is 5.54. The molecule has 2 aromatic heterocycles. The topological polar surface area (TPSA) is 106 Å². The Labute approximate surface area is 137 Å². The summed E-state index contributed by atoms with van der Waals surface area (Å²) in [5.74, 6) is -1.32. The monoisotopic (exact) mass is 324 g/mol. The van der Waals surface area contributed by atoms with E-state index in [1.807, 2.05) is 18.2 Å². The van der Waals surface area contributed by atoms with E-state index in [0.29, 0.717) is 11.3 Å². The van der Waals surface area contributed by atoms with Crippen molar-refractivity contribution >= 4 is 16.8 Å². The highest BCUT2D eigenvalue weighted by atomic mass is 16.4. The van der Waals surface area contributed by atoms with Gasteiger partial charge in [-0.25, -0.2) is 0 Å². The van der Waals surface area contributed by atoms with E-state index in [4.69, 9.17) is 10.2 Å². The maximum absolute atomic E-state index is 11.9. The van der Waals surface area contributed by atoms with Crippen LogP contribution < -0.4 is 11.2 Å². The molecule has 2 heterocycles. The molecule has 0 radical (unpaired) electrons. The maximum Gasteiger partial charge on any atom is 0.227 e. The van der Waals surface area contributed by atoms with Crippen molar-refractivity contribution in [3.63, 3.8) is 0 Å². The Hall–Kier alpha value is -3.15. The Kier molecular flexibility index (Phi) is 4.04. The number of hydrogen-bond donors (Lipinski definition) is 2. The summed E-state index contributed by atoms with van der Waals surface area (Å²) in [6.45, 7) is 1.61. The highest BCUT2D eigenvalue weighted by Gasteiger charge is 2.25. The second kappa shape index (κ2) is 6.16. The van der Waals surface area contributed by atoms with Gasteiger partial charge in [-0.15, -0.1) is 0 Å². The second-order valence-corrected chi connectivity index (χ2v) is 5.61. The zero-order valence-corrected chi connectivity index (χ0v) is 13.0. The largest absolute Gasteiger partial charge is 0.502 e. The number of amides is 1. The summed E-state index contributed by atoms with van der Waals surface area (Å²) in [4.78, 5) is 27.6. The van der Waals surface area contributed by atoms with Crippen molar-refractivity contribution in [3.8, 4) is 5.75 Å². The molecule has 0 aliphatic heterocycles. The third kappa shape index (κ3) is 2.99. The van der Waals surface area contributed by atoms with Crippen molar-refractivity contribution in [1.29, 1.82) is 0 Å². The smallest absolute Gasteiger partial charge is 0.227 e. The van der Waals surface area contributed by atoms with Crippen LogP contribution in [0.2, 0.25) is 0 Å². The van der Waals surface area contributed by atoms with Crippen LogP contribution in [0.25, 0.3) is 10.9 Å². The average Bonchev–Trinajstić information content (AvgIpc) is 2.55. The summed E-state index contributed by atoms with van der Waals surface area (Å²) in [7, 11) is 0. The highest BCUT2D eigenvalue weighted by molar-refractivity contribution is 5.80. The molecule has 1 atom stereocenters. The van der Waals surface area contributed by atoms with Gasteiger partial charge in [0.15, 0.2) is 5.76 Å². The number of nitrogens with zero attached hydrogens (tertiary/aromatic N) is 1. The molecule has 1 aromatic carbocycles. The Morgan fingerprint density at radius 1 is 1.33 bits per heavy atom. The molecular weight excluding hydrogens is 308 g/mol.